The molecule has 5 rings (SSSR count). The SMILES string of the molecule is O=C(/C=C/c1ccccc1)NCCc1nc2ccccc2n1CCOc1ccc2ccccc2c1. The maximum absolute atomic E-state index is 12.2. The molecule has 0 bridgehead atoms. The molecular weight excluding hydrogens is 434 g/mol. The molecule has 1 N–H and O–H groups in total. The van der Waals surface area contributed by atoms with Gasteiger partial charge in [0.1, 0.15) is 18.2 Å². The highest BCUT2D eigenvalue weighted by Crippen LogP contribution is 2.21. The Morgan fingerprint density at radius 3 is 2.54 bits per heavy atom. The van der Waals surface area contributed by atoms with Gasteiger partial charge in [-0.25, -0.2) is 4.98 Å². The van der Waals surface area contributed by atoms with Gasteiger partial charge in [-0.15, -0.1) is 0 Å². The zero-order chi connectivity index (χ0) is 23.9. The van der Waals surface area contributed by atoms with Gasteiger partial charge in [0, 0.05) is 19.0 Å². The summed E-state index contributed by atoms with van der Waals surface area (Å²) in [5.74, 6) is 1.67. The van der Waals surface area contributed by atoms with Crippen molar-refractivity contribution in [1.82, 2.24) is 14.9 Å². The minimum atomic E-state index is -0.115. The van der Waals surface area contributed by atoms with Crippen LogP contribution < -0.4 is 10.1 Å². The van der Waals surface area contributed by atoms with Gasteiger partial charge in [-0.2, -0.15) is 0 Å². The van der Waals surface area contributed by atoms with Crippen LogP contribution in [0.4, 0.5) is 0 Å². The van der Waals surface area contributed by atoms with Crippen LogP contribution in [0.1, 0.15) is 11.4 Å². The van der Waals surface area contributed by atoms with Gasteiger partial charge in [-0.1, -0.05) is 72.8 Å². The van der Waals surface area contributed by atoms with E-state index in [-0.39, 0.29) is 5.91 Å². The molecule has 0 fully saturated rings. The second-order valence-electron chi connectivity index (χ2n) is 8.31. The standard InChI is InChI=1S/C30H27N3O2/c34-30(17-14-23-8-2-1-3-9-23)31-19-18-29-32-27-12-6-7-13-28(27)33(29)20-21-35-26-16-15-24-10-4-5-11-25(24)22-26/h1-17,22H,18-21H2,(H,31,34)/b17-14+. The van der Waals surface area contributed by atoms with E-state index < -0.39 is 0 Å². The van der Waals surface area contributed by atoms with Gasteiger partial charge in [-0.3, -0.25) is 4.79 Å². The van der Waals surface area contributed by atoms with Crippen molar-refractivity contribution in [1.29, 1.82) is 0 Å². The van der Waals surface area contributed by atoms with Crippen molar-refractivity contribution in [2.45, 2.75) is 13.0 Å². The van der Waals surface area contributed by atoms with E-state index in [2.05, 4.69) is 40.2 Å². The van der Waals surface area contributed by atoms with Crippen molar-refractivity contribution in [3.05, 3.63) is 115 Å². The number of hydrogen-bond donors (Lipinski definition) is 1. The van der Waals surface area contributed by atoms with E-state index in [0.29, 0.717) is 26.1 Å². The fourth-order valence-electron chi connectivity index (χ4n) is 4.17. The Kier molecular flexibility index (Phi) is 6.85. The Hall–Kier alpha value is -4.38. The van der Waals surface area contributed by atoms with Crippen molar-refractivity contribution in [3.8, 4) is 5.75 Å². The number of benzene rings is 4. The Bertz CT molecular complexity index is 1470. The van der Waals surface area contributed by atoms with Crippen LogP contribution in [0, 0.1) is 0 Å². The van der Waals surface area contributed by atoms with Crippen LogP contribution in [0.2, 0.25) is 0 Å². The van der Waals surface area contributed by atoms with E-state index in [9.17, 15) is 4.79 Å². The first-order chi connectivity index (χ1) is 17.3. The van der Waals surface area contributed by atoms with Crippen molar-refractivity contribution in [3.63, 3.8) is 0 Å². The quantitative estimate of drug-likeness (QED) is 0.289. The molecule has 0 saturated carbocycles. The third kappa shape index (κ3) is 5.58. The lowest BCUT2D eigenvalue weighted by atomic mass is 10.1. The number of rotatable bonds is 9. The van der Waals surface area contributed by atoms with E-state index >= 15 is 0 Å². The molecule has 0 aliphatic rings. The zero-order valence-electron chi connectivity index (χ0n) is 19.4. The maximum Gasteiger partial charge on any atom is 0.244 e. The van der Waals surface area contributed by atoms with Gasteiger partial charge in [0.15, 0.2) is 0 Å². The Morgan fingerprint density at radius 1 is 0.886 bits per heavy atom. The summed E-state index contributed by atoms with van der Waals surface area (Å²) in [6.07, 6.45) is 4.01. The molecule has 1 amide bonds. The summed E-state index contributed by atoms with van der Waals surface area (Å²) in [6.45, 7) is 1.70. The molecular formula is C30H27N3O2. The molecule has 35 heavy (non-hydrogen) atoms. The fraction of sp³-hybridized carbons (Fsp3) is 0.133. The third-order valence-corrected chi connectivity index (χ3v) is 5.91. The second kappa shape index (κ2) is 10.7. The largest absolute Gasteiger partial charge is 0.492 e. The van der Waals surface area contributed by atoms with Crippen molar-refractivity contribution >= 4 is 33.8 Å². The Morgan fingerprint density at radius 2 is 1.66 bits per heavy atom. The van der Waals surface area contributed by atoms with Crippen LogP contribution in [0.3, 0.4) is 0 Å². The number of amides is 1. The number of nitrogens with one attached hydrogen (secondary N) is 1. The fourth-order valence-corrected chi connectivity index (χ4v) is 4.17. The summed E-state index contributed by atoms with van der Waals surface area (Å²) in [4.78, 5) is 17.0. The van der Waals surface area contributed by atoms with Gasteiger partial charge >= 0.3 is 0 Å². The Labute approximate surface area is 204 Å². The number of imidazole rings is 1. The van der Waals surface area contributed by atoms with E-state index in [1.54, 1.807) is 6.08 Å². The predicted molar refractivity (Wildman–Crippen MR) is 141 cm³/mol. The average Bonchev–Trinajstić information content (AvgIpc) is 3.25. The summed E-state index contributed by atoms with van der Waals surface area (Å²) in [5.41, 5.74) is 3.01. The molecule has 4 aromatic carbocycles. The predicted octanol–water partition coefficient (Wildman–Crippen LogP) is 5.64. The number of aromatic nitrogens is 2. The van der Waals surface area contributed by atoms with Crippen LogP contribution in [-0.4, -0.2) is 28.6 Å². The molecule has 174 valence electrons. The summed E-state index contributed by atoms with van der Waals surface area (Å²) < 4.78 is 8.26. The zero-order valence-corrected chi connectivity index (χ0v) is 19.4. The van der Waals surface area contributed by atoms with Gasteiger partial charge < -0.3 is 14.6 Å². The highest BCUT2D eigenvalue weighted by atomic mass is 16.5. The minimum absolute atomic E-state index is 0.115. The normalized spacial score (nSPS) is 11.3. The van der Waals surface area contributed by atoms with Crippen LogP contribution in [0.25, 0.3) is 27.9 Å². The highest BCUT2D eigenvalue weighted by Gasteiger charge is 2.11. The molecule has 0 unspecified atom stereocenters. The molecule has 1 heterocycles. The first-order valence-corrected chi connectivity index (χ1v) is 11.8. The molecule has 0 aliphatic carbocycles. The van der Waals surface area contributed by atoms with Crippen LogP contribution in [0.15, 0.2) is 103 Å². The van der Waals surface area contributed by atoms with Gasteiger partial charge in [-0.05, 0) is 46.7 Å². The second-order valence-corrected chi connectivity index (χ2v) is 8.31. The monoisotopic (exact) mass is 461 g/mol. The lowest BCUT2D eigenvalue weighted by molar-refractivity contribution is -0.116. The summed E-state index contributed by atoms with van der Waals surface area (Å²) >= 11 is 0. The third-order valence-electron chi connectivity index (χ3n) is 5.91. The lowest BCUT2D eigenvalue weighted by Gasteiger charge is -2.12. The highest BCUT2D eigenvalue weighted by molar-refractivity contribution is 5.91. The van der Waals surface area contributed by atoms with Crippen LogP contribution in [0.5, 0.6) is 5.75 Å². The van der Waals surface area contributed by atoms with Gasteiger partial charge in [0.05, 0.1) is 17.6 Å². The minimum Gasteiger partial charge on any atom is -0.492 e. The molecule has 0 saturated heterocycles. The molecule has 0 aliphatic heterocycles. The van der Waals surface area contributed by atoms with Crippen LogP contribution in [-0.2, 0) is 17.8 Å². The van der Waals surface area contributed by atoms with Crippen LogP contribution >= 0.6 is 0 Å². The van der Waals surface area contributed by atoms with Gasteiger partial charge in [0.25, 0.3) is 0 Å². The Balaban J connectivity index is 1.22. The maximum atomic E-state index is 12.2. The molecule has 5 nitrogen and oxygen atoms in total. The van der Waals surface area contributed by atoms with Crippen molar-refractivity contribution < 1.29 is 9.53 Å². The van der Waals surface area contributed by atoms with E-state index in [1.165, 1.54) is 5.39 Å². The number of fused-ring (bicyclic) bond motifs is 2. The molecule has 5 aromatic rings. The van der Waals surface area contributed by atoms with Crippen molar-refractivity contribution in [2.75, 3.05) is 13.2 Å². The topological polar surface area (TPSA) is 56.2 Å². The number of para-hydroxylation sites is 2. The van der Waals surface area contributed by atoms with Crippen molar-refractivity contribution in [2.24, 2.45) is 0 Å². The van der Waals surface area contributed by atoms with E-state index in [0.717, 1.165) is 33.6 Å². The number of hydrogen-bond acceptors (Lipinski definition) is 3. The molecule has 0 radical (unpaired) electrons. The summed E-state index contributed by atoms with van der Waals surface area (Å²) in [6, 6.07) is 32.3. The van der Waals surface area contributed by atoms with Gasteiger partial charge in [0.2, 0.25) is 5.91 Å². The van der Waals surface area contributed by atoms with E-state index in [1.807, 2.05) is 72.8 Å². The number of nitrogens with zero attached hydrogens (tertiary/aromatic N) is 2. The molecule has 0 atom stereocenters. The molecule has 5 heteroatoms. The first kappa shape index (κ1) is 22.4. The summed E-state index contributed by atoms with van der Waals surface area (Å²) in [5, 5.41) is 5.32. The van der Waals surface area contributed by atoms with E-state index in [4.69, 9.17) is 9.72 Å². The smallest absolute Gasteiger partial charge is 0.244 e. The number of ether oxygens (including phenoxy) is 1. The lowest BCUT2D eigenvalue weighted by Crippen LogP contribution is -2.25. The first-order valence-electron chi connectivity index (χ1n) is 11.8. The summed E-state index contributed by atoms with van der Waals surface area (Å²) in [7, 11) is 0. The number of carbonyl (C=O) groups is 1. The molecule has 1 aromatic heterocycles. The number of carbonyl (C=O) groups excluding carboxylic acids is 1. The average molecular weight is 462 g/mol. The molecule has 0 spiro atoms.